The Kier molecular flexibility index (Phi) is 4.07. The predicted molar refractivity (Wildman–Crippen MR) is 108 cm³/mol. The zero-order valence-corrected chi connectivity index (χ0v) is 16.7. The molecule has 4 aromatic rings. The lowest BCUT2D eigenvalue weighted by Crippen LogP contribution is -2.29. The number of hydrogen-bond donors (Lipinski definition) is 0. The molecule has 0 N–H and O–H groups in total. The zero-order chi connectivity index (χ0) is 21.0. The predicted octanol–water partition coefficient (Wildman–Crippen LogP) is 3.69. The zero-order valence-electron chi connectivity index (χ0n) is 15.9. The van der Waals surface area contributed by atoms with E-state index in [4.69, 9.17) is 13.6 Å². The van der Waals surface area contributed by atoms with Crippen molar-refractivity contribution in [3.8, 4) is 0 Å². The summed E-state index contributed by atoms with van der Waals surface area (Å²) >= 11 is 1.01. The molecule has 8 nitrogen and oxygen atoms in total. The van der Waals surface area contributed by atoms with Crippen LogP contribution < -0.4 is 10.3 Å². The van der Waals surface area contributed by atoms with E-state index in [0.717, 1.165) is 11.3 Å². The van der Waals surface area contributed by atoms with E-state index in [-0.39, 0.29) is 26.8 Å². The molecule has 0 fully saturated rings. The molecular formula is C21H14N2O6S. The van der Waals surface area contributed by atoms with Gasteiger partial charge in [-0.15, -0.1) is 0 Å². The third kappa shape index (κ3) is 2.52. The highest BCUT2D eigenvalue weighted by Crippen LogP contribution is 2.43. The maximum absolute atomic E-state index is 13.4. The van der Waals surface area contributed by atoms with Gasteiger partial charge in [0.25, 0.3) is 5.91 Å². The summed E-state index contributed by atoms with van der Waals surface area (Å²) < 4.78 is 16.2. The number of hydrogen-bond acceptors (Lipinski definition) is 8. The van der Waals surface area contributed by atoms with Gasteiger partial charge in [-0.05, 0) is 31.2 Å². The van der Waals surface area contributed by atoms with Crippen molar-refractivity contribution in [2.45, 2.75) is 13.0 Å². The molecule has 4 heterocycles. The number of aryl methyl sites for hydroxylation is 1. The number of aromatic nitrogens is 1. The second-order valence-electron chi connectivity index (χ2n) is 6.67. The van der Waals surface area contributed by atoms with E-state index in [1.165, 1.54) is 18.3 Å². The Hall–Kier alpha value is -3.72. The monoisotopic (exact) mass is 422 g/mol. The maximum atomic E-state index is 13.4. The van der Waals surface area contributed by atoms with Crippen molar-refractivity contribution in [1.82, 2.24) is 4.98 Å². The van der Waals surface area contributed by atoms with Gasteiger partial charge in [-0.2, -0.15) is 0 Å². The third-order valence-corrected chi connectivity index (χ3v) is 6.09. The molecule has 1 aliphatic heterocycles. The van der Waals surface area contributed by atoms with Gasteiger partial charge in [0.1, 0.15) is 22.3 Å². The number of methoxy groups -OCH3 is 1. The fraction of sp³-hybridized carbons (Fsp3) is 0.143. The number of carbonyl (C=O) groups is 2. The van der Waals surface area contributed by atoms with Crippen molar-refractivity contribution < 1.29 is 23.2 Å². The van der Waals surface area contributed by atoms with Crippen molar-refractivity contribution in [2.24, 2.45) is 0 Å². The van der Waals surface area contributed by atoms with Crippen LogP contribution in [0.3, 0.4) is 0 Å². The van der Waals surface area contributed by atoms with E-state index < -0.39 is 17.9 Å². The molecule has 1 atom stereocenters. The second kappa shape index (κ2) is 6.67. The largest absolute Gasteiger partial charge is 0.467 e. The Balaban J connectivity index is 1.77. The van der Waals surface area contributed by atoms with Crippen LogP contribution in [0.4, 0.5) is 5.13 Å². The second-order valence-corrected chi connectivity index (χ2v) is 7.64. The molecular weight excluding hydrogens is 408 g/mol. The first kappa shape index (κ1) is 18.3. The van der Waals surface area contributed by atoms with E-state index in [9.17, 15) is 14.4 Å². The lowest BCUT2D eigenvalue weighted by atomic mass is 10.0. The molecule has 30 heavy (non-hydrogen) atoms. The van der Waals surface area contributed by atoms with Gasteiger partial charge in [0.15, 0.2) is 10.6 Å². The van der Waals surface area contributed by atoms with Gasteiger partial charge in [0.05, 0.1) is 30.0 Å². The number of benzene rings is 1. The van der Waals surface area contributed by atoms with Gasteiger partial charge >= 0.3 is 5.97 Å². The number of carbonyl (C=O) groups excluding carboxylic acids is 2. The number of rotatable bonds is 3. The fourth-order valence-electron chi connectivity index (χ4n) is 3.60. The SMILES string of the molecule is COC(=O)c1sc(N2C(=O)c3oc4ccccc4c(=O)c3[C@H]2c2ccco2)nc1C. The topological polar surface area (TPSA) is 103 Å². The van der Waals surface area contributed by atoms with Crippen molar-refractivity contribution >= 4 is 39.3 Å². The van der Waals surface area contributed by atoms with Crippen LogP contribution in [0.2, 0.25) is 0 Å². The molecule has 1 aliphatic rings. The summed E-state index contributed by atoms with van der Waals surface area (Å²) in [5, 5.41) is 0.613. The molecule has 0 spiro atoms. The normalized spacial score (nSPS) is 15.6. The summed E-state index contributed by atoms with van der Waals surface area (Å²) in [6.07, 6.45) is 1.46. The van der Waals surface area contributed by atoms with Gasteiger partial charge in [0, 0.05) is 0 Å². The number of fused-ring (bicyclic) bond motifs is 2. The van der Waals surface area contributed by atoms with Gasteiger partial charge in [-0.3, -0.25) is 14.5 Å². The first-order chi connectivity index (χ1) is 14.5. The van der Waals surface area contributed by atoms with Crippen molar-refractivity contribution in [3.63, 3.8) is 0 Å². The van der Waals surface area contributed by atoms with Crippen LogP contribution in [0.25, 0.3) is 11.0 Å². The molecule has 5 rings (SSSR count). The quantitative estimate of drug-likeness (QED) is 0.464. The van der Waals surface area contributed by atoms with Crippen molar-refractivity contribution in [2.75, 3.05) is 12.0 Å². The molecule has 0 radical (unpaired) electrons. The minimum atomic E-state index is -0.862. The Labute approximate surface area is 173 Å². The minimum absolute atomic E-state index is 0.0624. The Morgan fingerprint density at radius 1 is 1.20 bits per heavy atom. The lowest BCUT2D eigenvalue weighted by molar-refractivity contribution is 0.0605. The van der Waals surface area contributed by atoms with Crippen LogP contribution in [0.1, 0.15) is 43.3 Å². The van der Waals surface area contributed by atoms with Crippen LogP contribution >= 0.6 is 11.3 Å². The number of furan rings is 1. The third-order valence-electron chi connectivity index (χ3n) is 4.95. The van der Waals surface area contributed by atoms with Crippen LogP contribution in [0.15, 0.2) is 56.3 Å². The van der Waals surface area contributed by atoms with Crippen LogP contribution in [-0.2, 0) is 4.74 Å². The number of thiazole rings is 1. The van der Waals surface area contributed by atoms with E-state index in [1.807, 2.05) is 0 Å². The Morgan fingerprint density at radius 3 is 2.73 bits per heavy atom. The van der Waals surface area contributed by atoms with Crippen LogP contribution in [-0.4, -0.2) is 24.0 Å². The first-order valence-electron chi connectivity index (χ1n) is 8.99. The standard InChI is InChI=1S/C21H14N2O6S/c1-10-18(20(26)27-2)30-21(22-10)23-15(13-8-5-9-28-13)14-16(24)11-6-3-4-7-12(11)29-17(14)19(23)25/h3-9,15H,1-2H3/t15-/m1/s1. The van der Waals surface area contributed by atoms with Gasteiger partial charge in [-0.25, -0.2) is 9.78 Å². The smallest absolute Gasteiger partial charge is 0.350 e. The van der Waals surface area contributed by atoms with Gasteiger partial charge in [0.2, 0.25) is 5.76 Å². The Morgan fingerprint density at radius 2 is 2.00 bits per heavy atom. The summed E-state index contributed by atoms with van der Waals surface area (Å²) in [5.41, 5.74) is 0.611. The van der Waals surface area contributed by atoms with E-state index in [0.29, 0.717) is 22.4 Å². The summed E-state index contributed by atoms with van der Waals surface area (Å²) in [6.45, 7) is 1.65. The number of amides is 1. The van der Waals surface area contributed by atoms with Crippen LogP contribution in [0, 0.1) is 6.92 Å². The first-order valence-corrected chi connectivity index (χ1v) is 9.81. The average molecular weight is 422 g/mol. The highest BCUT2D eigenvalue weighted by Gasteiger charge is 2.46. The molecule has 0 aliphatic carbocycles. The molecule has 9 heteroatoms. The molecule has 1 amide bonds. The summed E-state index contributed by atoms with van der Waals surface area (Å²) in [7, 11) is 1.28. The maximum Gasteiger partial charge on any atom is 0.350 e. The summed E-state index contributed by atoms with van der Waals surface area (Å²) in [4.78, 5) is 44.7. The number of para-hydroxylation sites is 1. The summed E-state index contributed by atoms with van der Waals surface area (Å²) in [6, 6.07) is 9.23. The molecule has 0 saturated heterocycles. The van der Waals surface area contributed by atoms with E-state index >= 15 is 0 Å². The number of ether oxygens (including phenoxy) is 1. The van der Waals surface area contributed by atoms with Gasteiger partial charge in [-0.1, -0.05) is 23.5 Å². The molecule has 0 saturated carbocycles. The fourth-order valence-corrected chi connectivity index (χ4v) is 4.61. The molecule has 150 valence electrons. The van der Waals surface area contributed by atoms with Crippen molar-refractivity contribution in [3.05, 3.63) is 80.5 Å². The van der Waals surface area contributed by atoms with Crippen molar-refractivity contribution in [1.29, 1.82) is 0 Å². The Bertz CT molecular complexity index is 1370. The molecule has 1 aromatic carbocycles. The molecule has 0 bridgehead atoms. The highest BCUT2D eigenvalue weighted by atomic mass is 32.1. The molecule has 0 unspecified atom stereocenters. The summed E-state index contributed by atoms with van der Waals surface area (Å²) in [5.74, 6) is -0.751. The number of esters is 1. The average Bonchev–Trinajstić information content (AvgIpc) is 3.46. The van der Waals surface area contributed by atoms with Crippen LogP contribution in [0.5, 0.6) is 0 Å². The van der Waals surface area contributed by atoms with E-state index in [2.05, 4.69) is 4.98 Å². The molecule has 3 aromatic heterocycles. The lowest BCUT2D eigenvalue weighted by Gasteiger charge is -2.20. The number of anilines is 1. The van der Waals surface area contributed by atoms with Gasteiger partial charge < -0.3 is 13.6 Å². The number of nitrogens with zero attached hydrogens (tertiary/aromatic N) is 2. The minimum Gasteiger partial charge on any atom is -0.467 e. The highest BCUT2D eigenvalue weighted by molar-refractivity contribution is 7.17. The van der Waals surface area contributed by atoms with E-state index in [1.54, 1.807) is 43.3 Å².